The Balaban J connectivity index is 1.18. The second kappa shape index (κ2) is 14.7. The lowest BCUT2D eigenvalue weighted by molar-refractivity contribution is -0.274. The van der Waals surface area contributed by atoms with Crippen molar-refractivity contribution in [3.05, 3.63) is 53.3 Å². The van der Waals surface area contributed by atoms with Gasteiger partial charge in [0.05, 0.1) is 47.1 Å². The fourth-order valence-corrected chi connectivity index (χ4v) is 8.67. The molecular formula is C34H38F3N3O7S2. The van der Waals surface area contributed by atoms with Crippen molar-refractivity contribution < 1.29 is 45.1 Å². The van der Waals surface area contributed by atoms with Crippen LogP contribution in [0.5, 0.6) is 5.75 Å². The number of alkyl halides is 3. The van der Waals surface area contributed by atoms with Crippen molar-refractivity contribution in [2.75, 3.05) is 18.2 Å². The van der Waals surface area contributed by atoms with Crippen LogP contribution in [0.4, 0.5) is 18.3 Å². The molecule has 2 saturated carbocycles. The number of methoxy groups -OCH3 is 1. The van der Waals surface area contributed by atoms with E-state index in [-0.39, 0.29) is 53.1 Å². The van der Waals surface area contributed by atoms with Crippen LogP contribution in [0.2, 0.25) is 0 Å². The molecule has 1 N–H and O–H groups in total. The van der Waals surface area contributed by atoms with Gasteiger partial charge in [0.15, 0.2) is 15.0 Å². The lowest BCUT2D eigenvalue weighted by atomic mass is 9.94. The largest absolute Gasteiger partial charge is 0.573 e. The first-order valence-corrected chi connectivity index (χ1v) is 18.8. The summed E-state index contributed by atoms with van der Waals surface area (Å²) in [6.45, 7) is 1.95. The zero-order valence-corrected chi connectivity index (χ0v) is 28.8. The van der Waals surface area contributed by atoms with Crippen LogP contribution >= 0.6 is 11.3 Å². The molecule has 0 radical (unpaired) electrons. The predicted molar refractivity (Wildman–Crippen MR) is 177 cm³/mol. The van der Waals surface area contributed by atoms with Gasteiger partial charge in [0, 0.05) is 23.1 Å². The number of benzene rings is 2. The second-order valence-electron chi connectivity index (χ2n) is 12.6. The van der Waals surface area contributed by atoms with Gasteiger partial charge in [-0.1, -0.05) is 47.9 Å². The summed E-state index contributed by atoms with van der Waals surface area (Å²) >= 11 is 1.37. The predicted octanol–water partition coefficient (Wildman–Crippen LogP) is 8.09. The summed E-state index contributed by atoms with van der Waals surface area (Å²) in [5.74, 6) is -0.469. The van der Waals surface area contributed by atoms with Gasteiger partial charge in [0.2, 0.25) is 0 Å². The monoisotopic (exact) mass is 721 g/mol. The minimum Gasteiger partial charge on any atom is -0.469 e. The third-order valence-electron chi connectivity index (χ3n) is 8.87. The molecule has 2 aromatic carbocycles. The molecule has 2 atom stereocenters. The Bertz CT molecular complexity index is 1900. The second-order valence-corrected chi connectivity index (χ2v) is 15.7. The topological polar surface area (TPSA) is 130 Å². The van der Waals surface area contributed by atoms with Crippen LogP contribution in [-0.2, 0) is 30.7 Å². The van der Waals surface area contributed by atoms with Crippen molar-refractivity contribution in [1.82, 2.24) is 10.1 Å². The number of hydrogen-bond donors (Lipinski definition) is 1. The van der Waals surface area contributed by atoms with Gasteiger partial charge < -0.3 is 24.1 Å². The molecule has 2 heterocycles. The van der Waals surface area contributed by atoms with Crippen molar-refractivity contribution in [2.45, 2.75) is 101 Å². The van der Waals surface area contributed by atoms with Crippen molar-refractivity contribution in [1.29, 1.82) is 0 Å². The van der Waals surface area contributed by atoms with E-state index >= 15 is 0 Å². The lowest BCUT2D eigenvalue weighted by Crippen LogP contribution is -2.28. The molecule has 0 aliphatic heterocycles. The Morgan fingerprint density at radius 3 is 2.63 bits per heavy atom. The molecule has 49 heavy (non-hydrogen) atoms. The summed E-state index contributed by atoms with van der Waals surface area (Å²) < 4.78 is 87.4. The number of carbonyl (C=O) groups is 1. The number of para-hydroxylation sites is 1. The maximum absolute atomic E-state index is 13.2. The molecule has 6 rings (SSSR count). The van der Waals surface area contributed by atoms with E-state index in [2.05, 4.69) is 19.9 Å². The zero-order valence-electron chi connectivity index (χ0n) is 27.2. The first kappa shape index (κ1) is 35.1. The number of rotatable bonds is 12. The van der Waals surface area contributed by atoms with Crippen LogP contribution < -0.4 is 10.1 Å². The van der Waals surface area contributed by atoms with Crippen LogP contribution in [-0.4, -0.2) is 55.9 Å². The Kier molecular flexibility index (Phi) is 10.5. The molecule has 2 aromatic heterocycles. The molecule has 0 unspecified atom stereocenters. The smallest absolute Gasteiger partial charge is 0.469 e. The minimum absolute atomic E-state index is 0.0280. The number of thiazole rings is 1. The summed E-state index contributed by atoms with van der Waals surface area (Å²) in [7, 11) is -2.48. The molecule has 264 valence electrons. The molecule has 4 aromatic rings. The third kappa shape index (κ3) is 8.73. The number of nitrogens with zero attached hydrogens (tertiary/aromatic N) is 2. The molecule has 0 saturated heterocycles. The molecule has 2 aliphatic rings. The number of hydrogen-bond acceptors (Lipinski definition) is 11. The van der Waals surface area contributed by atoms with Gasteiger partial charge in [-0.25, -0.2) is 13.4 Å². The number of ether oxygens (including phenoxy) is 3. The van der Waals surface area contributed by atoms with Crippen LogP contribution in [0, 0.1) is 6.92 Å². The van der Waals surface area contributed by atoms with E-state index in [4.69, 9.17) is 14.2 Å². The van der Waals surface area contributed by atoms with Gasteiger partial charge in [-0.2, -0.15) is 0 Å². The van der Waals surface area contributed by atoms with E-state index in [1.807, 2.05) is 6.92 Å². The van der Waals surface area contributed by atoms with Gasteiger partial charge in [0.1, 0.15) is 17.2 Å². The van der Waals surface area contributed by atoms with Crippen molar-refractivity contribution >= 4 is 42.5 Å². The molecule has 2 aliphatic carbocycles. The molecule has 0 spiro atoms. The first-order chi connectivity index (χ1) is 23.4. The average Bonchev–Trinajstić information content (AvgIpc) is 3.66. The van der Waals surface area contributed by atoms with Gasteiger partial charge in [-0.3, -0.25) is 4.79 Å². The number of aromatic nitrogens is 2. The summed E-state index contributed by atoms with van der Waals surface area (Å²) in [6, 6.07) is 9.13. The first-order valence-electron chi connectivity index (χ1n) is 16.3. The number of esters is 1. The van der Waals surface area contributed by atoms with Crippen LogP contribution in [0.1, 0.15) is 80.6 Å². The van der Waals surface area contributed by atoms with Crippen LogP contribution in [0.15, 0.2) is 45.8 Å². The zero-order chi connectivity index (χ0) is 34.8. The standard InChI is InChI=1S/C34H38F3N3O7S2/c1-20-16-24(49(42,43)15-14-29(41)44-2)18-28-30(20)39-33(48-28)38-22-8-4-3-5-9-23(17-22)45-19-26-31(40-47-32(26)21-12-13-21)25-10-6-7-11-27(25)46-34(35,36)37/h6-7,10-11,16,18,21-23H,3-5,8-9,12-15,17,19H2,1-2H3,(H,38,39)/t22-,23-/m1/s1. The number of fused-ring (bicyclic) bond motifs is 1. The van der Waals surface area contributed by atoms with Gasteiger partial charge >= 0.3 is 12.3 Å². The molecular weight excluding hydrogens is 684 g/mol. The highest BCUT2D eigenvalue weighted by molar-refractivity contribution is 7.91. The fraction of sp³-hybridized carbons (Fsp3) is 0.500. The van der Waals surface area contributed by atoms with Gasteiger partial charge in [-0.15, -0.1) is 13.2 Å². The fourth-order valence-electron chi connectivity index (χ4n) is 6.21. The number of carbonyl (C=O) groups excluding carboxylic acids is 1. The number of anilines is 1. The highest BCUT2D eigenvalue weighted by Gasteiger charge is 2.36. The Labute approximate surface area is 286 Å². The average molecular weight is 722 g/mol. The van der Waals surface area contributed by atoms with Gasteiger partial charge in [0.25, 0.3) is 0 Å². The third-order valence-corrected chi connectivity index (χ3v) is 11.5. The maximum atomic E-state index is 13.2. The van der Waals surface area contributed by atoms with Crippen LogP contribution in [0.3, 0.4) is 0 Å². The van der Waals surface area contributed by atoms with E-state index in [1.165, 1.54) is 36.6 Å². The summed E-state index contributed by atoms with van der Waals surface area (Å²) in [5, 5.41) is 8.43. The molecule has 0 bridgehead atoms. The lowest BCUT2D eigenvalue weighted by Gasteiger charge is -2.27. The molecule has 2 fully saturated rings. The molecule has 15 heteroatoms. The van der Waals surface area contributed by atoms with Crippen molar-refractivity contribution in [2.24, 2.45) is 0 Å². The summed E-state index contributed by atoms with van der Waals surface area (Å²) in [6.07, 6.45) is 2.02. The number of halogens is 3. The maximum Gasteiger partial charge on any atom is 0.573 e. The molecule has 0 amide bonds. The minimum atomic E-state index is -4.86. The van der Waals surface area contributed by atoms with E-state index < -0.39 is 22.2 Å². The number of sulfone groups is 1. The van der Waals surface area contributed by atoms with Crippen molar-refractivity contribution in [3.8, 4) is 17.0 Å². The Morgan fingerprint density at radius 1 is 1.10 bits per heavy atom. The Hall–Kier alpha value is -3.69. The Morgan fingerprint density at radius 2 is 1.88 bits per heavy atom. The number of nitrogens with one attached hydrogen (secondary N) is 1. The van der Waals surface area contributed by atoms with Gasteiger partial charge in [-0.05, 0) is 68.9 Å². The number of aryl methyl sites for hydroxylation is 1. The molecule has 10 nitrogen and oxygen atoms in total. The quantitative estimate of drug-likeness (QED) is 0.143. The SMILES string of the molecule is COC(=O)CCS(=O)(=O)c1cc(C)c2nc(N[C@@H]3CCCCC[C@@H](OCc4c(-c5ccccc5OC(F)(F)F)noc4C4CC4)C3)sc2c1. The van der Waals surface area contributed by atoms with E-state index in [0.717, 1.165) is 55.2 Å². The van der Waals surface area contributed by atoms with E-state index in [9.17, 15) is 26.4 Å². The summed E-state index contributed by atoms with van der Waals surface area (Å²) in [5.41, 5.74) is 2.55. The summed E-state index contributed by atoms with van der Waals surface area (Å²) in [4.78, 5) is 16.5. The van der Waals surface area contributed by atoms with Crippen molar-refractivity contribution in [3.63, 3.8) is 0 Å². The van der Waals surface area contributed by atoms with Crippen LogP contribution in [0.25, 0.3) is 21.5 Å². The highest BCUT2D eigenvalue weighted by Crippen LogP contribution is 2.46. The highest BCUT2D eigenvalue weighted by atomic mass is 32.2. The normalized spacial score (nSPS) is 19.0. The van der Waals surface area contributed by atoms with E-state index in [0.29, 0.717) is 34.1 Å². The van der Waals surface area contributed by atoms with E-state index in [1.54, 1.807) is 18.2 Å².